The molecule has 0 aliphatic carbocycles. The zero-order chi connectivity index (χ0) is 17.0. The van der Waals surface area contributed by atoms with Crippen molar-refractivity contribution in [1.82, 2.24) is 5.32 Å². The topological polar surface area (TPSA) is 58.2 Å². The third-order valence-electron chi connectivity index (χ3n) is 3.08. The summed E-state index contributed by atoms with van der Waals surface area (Å²) in [6.45, 7) is 1.40. The van der Waals surface area contributed by atoms with Gasteiger partial charge < -0.3 is 10.6 Å². The van der Waals surface area contributed by atoms with E-state index < -0.39 is 23.4 Å². The molecule has 2 aromatic carbocycles. The van der Waals surface area contributed by atoms with Gasteiger partial charge in [0.15, 0.2) is 0 Å². The minimum absolute atomic E-state index is 0.200. The van der Waals surface area contributed by atoms with Gasteiger partial charge in [-0.2, -0.15) is 0 Å². The molecule has 7 heteroatoms. The number of carbonyl (C=O) groups is 2. The molecule has 0 saturated heterocycles. The van der Waals surface area contributed by atoms with Crippen LogP contribution in [0.2, 0.25) is 5.02 Å². The lowest BCUT2D eigenvalue weighted by molar-refractivity contribution is -0.115. The van der Waals surface area contributed by atoms with E-state index in [1.54, 1.807) is 25.1 Å². The Morgan fingerprint density at radius 2 is 1.78 bits per heavy atom. The van der Waals surface area contributed by atoms with Crippen molar-refractivity contribution in [3.05, 3.63) is 64.2 Å². The molecule has 0 radical (unpaired) electrons. The van der Waals surface area contributed by atoms with Gasteiger partial charge in [0.1, 0.15) is 11.6 Å². The van der Waals surface area contributed by atoms with Gasteiger partial charge in [-0.05, 0) is 36.8 Å². The molecule has 2 N–H and O–H groups in total. The molecule has 0 saturated carbocycles. The molecule has 2 amide bonds. The van der Waals surface area contributed by atoms with E-state index in [0.717, 1.165) is 12.1 Å². The maximum Gasteiger partial charge on any atom is 0.251 e. The number of anilines is 1. The molecular formula is C16H13ClF2N2O2. The van der Waals surface area contributed by atoms with Gasteiger partial charge in [-0.25, -0.2) is 8.78 Å². The molecule has 0 fully saturated rings. The molecule has 0 aromatic heterocycles. The summed E-state index contributed by atoms with van der Waals surface area (Å²) >= 11 is 5.94. The van der Waals surface area contributed by atoms with E-state index in [2.05, 4.69) is 10.6 Å². The van der Waals surface area contributed by atoms with Gasteiger partial charge in [0.2, 0.25) is 5.91 Å². The van der Waals surface area contributed by atoms with E-state index in [1.165, 1.54) is 0 Å². The molecule has 23 heavy (non-hydrogen) atoms. The minimum atomic E-state index is -0.867. The van der Waals surface area contributed by atoms with Crippen molar-refractivity contribution in [3.63, 3.8) is 0 Å². The Labute approximate surface area is 136 Å². The molecule has 0 aliphatic heterocycles. The van der Waals surface area contributed by atoms with Crippen LogP contribution >= 0.6 is 11.6 Å². The smallest absolute Gasteiger partial charge is 0.251 e. The largest absolute Gasteiger partial charge is 0.343 e. The lowest BCUT2D eigenvalue weighted by Gasteiger charge is -2.10. The summed E-state index contributed by atoms with van der Waals surface area (Å²) in [5, 5.41) is 5.39. The van der Waals surface area contributed by atoms with Gasteiger partial charge in [0.25, 0.3) is 5.91 Å². The highest BCUT2D eigenvalue weighted by molar-refractivity contribution is 6.31. The molecule has 2 aromatic rings. The summed E-state index contributed by atoms with van der Waals surface area (Å²) in [6.07, 6.45) is 0. The van der Waals surface area contributed by atoms with E-state index in [-0.39, 0.29) is 12.1 Å². The molecule has 2 rings (SSSR count). The number of benzene rings is 2. The minimum Gasteiger partial charge on any atom is -0.343 e. The maximum atomic E-state index is 13.0. The first-order chi connectivity index (χ1) is 10.9. The summed E-state index contributed by atoms with van der Waals surface area (Å²) in [4.78, 5) is 23.6. The predicted octanol–water partition coefficient (Wildman–Crippen LogP) is 3.30. The number of amides is 2. The zero-order valence-electron chi connectivity index (χ0n) is 12.1. The SMILES string of the molecule is Cc1c(Cl)cccc1NC(=O)CNC(=O)c1cc(F)cc(F)c1. The Bertz CT molecular complexity index is 745. The van der Waals surface area contributed by atoms with Crippen molar-refractivity contribution < 1.29 is 18.4 Å². The van der Waals surface area contributed by atoms with Gasteiger partial charge in [-0.1, -0.05) is 17.7 Å². The zero-order valence-corrected chi connectivity index (χ0v) is 12.9. The average Bonchev–Trinajstić information content (AvgIpc) is 2.48. The number of rotatable bonds is 4. The van der Waals surface area contributed by atoms with Crippen molar-refractivity contribution in [3.8, 4) is 0 Å². The Morgan fingerprint density at radius 1 is 1.13 bits per heavy atom. The van der Waals surface area contributed by atoms with E-state index in [4.69, 9.17) is 11.6 Å². The number of nitrogens with one attached hydrogen (secondary N) is 2. The molecule has 0 atom stereocenters. The molecule has 0 bridgehead atoms. The Kier molecular flexibility index (Phi) is 5.28. The first-order valence-electron chi connectivity index (χ1n) is 6.66. The van der Waals surface area contributed by atoms with E-state index in [1.807, 2.05) is 0 Å². The van der Waals surface area contributed by atoms with Gasteiger partial charge in [-0.3, -0.25) is 9.59 Å². The predicted molar refractivity (Wildman–Crippen MR) is 83.5 cm³/mol. The van der Waals surface area contributed by atoms with E-state index in [9.17, 15) is 18.4 Å². The van der Waals surface area contributed by atoms with E-state index >= 15 is 0 Å². The third-order valence-corrected chi connectivity index (χ3v) is 3.49. The van der Waals surface area contributed by atoms with Gasteiger partial charge >= 0.3 is 0 Å². The molecule has 0 spiro atoms. The first kappa shape index (κ1) is 16.9. The lowest BCUT2D eigenvalue weighted by atomic mass is 10.2. The van der Waals surface area contributed by atoms with Crippen molar-refractivity contribution in [2.24, 2.45) is 0 Å². The van der Waals surface area contributed by atoms with Crippen LogP contribution in [0, 0.1) is 18.6 Å². The van der Waals surface area contributed by atoms with Crippen molar-refractivity contribution >= 4 is 29.1 Å². The third kappa shape index (κ3) is 4.50. The summed E-state index contributed by atoms with van der Waals surface area (Å²) in [6, 6.07) is 7.47. The number of carbonyl (C=O) groups excluding carboxylic acids is 2. The molecule has 0 heterocycles. The Hall–Kier alpha value is -2.47. The number of hydrogen-bond acceptors (Lipinski definition) is 2. The second kappa shape index (κ2) is 7.19. The van der Waals surface area contributed by atoms with Gasteiger partial charge in [0, 0.05) is 22.3 Å². The number of hydrogen-bond donors (Lipinski definition) is 2. The second-order valence-electron chi connectivity index (χ2n) is 4.80. The monoisotopic (exact) mass is 338 g/mol. The fraction of sp³-hybridized carbons (Fsp3) is 0.125. The molecule has 120 valence electrons. The van der Waals surface area contributed by atoms with Crippen LogP contribution < -0.4 is 10.6 Å². The van der Waals surface area contributed by atoms with Gasteiger partial charge in [-0.15, -0.1) is 0 Å². The second-order valence-corrected chi connectivity index (χ2v) is 5.21. The van der Waals surface area contributed by atoms with Crippen LogP contribution in [-0.4, -0.2) is 18.4 Å². The van der Waals surface area contributed by atoms with Crippen LogP contribution in [0.3, 0.4) is 0 Å². The Balaban J connectivity index is 1.96. The van der Waals surface area contributed by atoms with Crippen LogP contribution in [0.4, 0.5) is 14.5 Å². The fourth-order valence-electron chi connectivity index (χ4n) is 1.88. The molecule has 0 unspecified atom stereocenters. The van der Waals surface area contributed by atoms with Crippen molar-refractivity contribution in [2.45, 2.75) is 6.92 Å². The fourth-order valence-corrected chi connectivity index (χ4v) is 2.06. The summed E-state index contributed by atoms with van der Waals surface area (Å²) < 4.78 is 26.1. The van der Waals surface area contributed by atoms with Gasteiger partial charge in [0.05, 0.1) is 6.54 Å². The Morgan fingerprint density at radius 3 is 2.43 bits per heavy atom. The van der Waals surface area contributed by atoms with Crippen LogP contribution in [-0.2, 0) is 4.79 Å². The van der Waals surface area contributed by atoms with Crippen molar-refractivity contribution in [1.29, 1.82) is 0 Å². The number of halogens is 3. The normalized spacial score (nSPS) is 10.3. The standard InChI is InChI=1S/C16H13ClF2N2O2/c1-9-13(17)3-2-4-14(9)21-15(22)8-20-16(23)10-5-11(18)7-12(19)6-10/h2-7H,8H2,1H3,(H,20,23)(H,21,22). The highest BCUT2D eigenvalue weighted by Gasteiger charge is 2.12. The van der Waals surface area contributed by atoms with Crippen LogP contribution in [0.5, 0.6) is 0 Å². The summed E-state index contributed by atoms with van der Waals surface area (Å²) in [5.41, 5.74) is 1.02. The molecule has 0 aliphatic rings. The van der Waals surface area contributed by atoms with Crippen LogP contribution in [0.15, 0.2) is 36.4 Å². The lowest BCUT2D eigenvalue weighted by Crippen LogP contribution is -2.33. The summed E-state index contributed by atoms with van der Waals surface area (Å²) in [7, 11) is 0. The molecule has 4 nitrogen and oxygen atoms in total. The first-order valence-corrected chi connectivity index (χ1v) is 7.04. The highest BCUT2D eigenvalue weighted by Crippen LogP contribution is 2.22. The summed E-state index contributed by atoms with van der Waals surface area (Å²) in [5.74, 6) is -2.97. The van der Waals surface area contributed by atoms with Crippen LogP contribution in [0.25, 0.3) is 0 Å². The van der Waals surface area contributed by atoms with Crippen LogP contribution in [0.1, 0.15) is 15.9 Å². The maximum absolute atomic E-state index is 13.0. The molecular weight excluding hydrogens is 326 g/mol. The van der Waals surface area contributed by atoms with E-state index in [0.29, 0.717) is 22.3 Å². The highest BCUT2D eigenvalue weighted by atomic mass is 35.5. The quantitative estimate of drug-likeness (QED) is 0.898. The average molecular weight is 339 g/mol. The van der Waals surface area contributed by atoms with Crippen molar-refractivity contribution in [2.75, 3.05) is 11.9 Å².